The molecule has 1 aromatic carbocycles. The van der Waals surface area contributed by atoms with Crippen LogP contribution in [-0.2, 0) is 0 Å². The molecule has 2 N–H and O–H groups in total. The van der Waals surface area contributed by atoms with Crippen LogP contribution in [0.25, 0.3) is 0 Å². The topological polar surface area (TPSA) is 48.1 Å². The van der Waals surface area contributed by atoms with Gasteiger partial charge in [-0.15, -0.1) is 0 Å². The smallest absolute Gasteiger partial charge is 0.123 e. The van der Waals surface area contributed by atoms with Crippen LogP contribution >= 0.6 is 0 Å². The van der Waals surface area contributed by atoms with Crippen LogP contribution in [0, 0.1) is 6.92 Å². The predicted octanol–water partition coefficient (Wildman–Crippen LogP) is 2.45. The lowest BCUT2D eigenvalue weighted by molar-refractivity contribution is 0.408. The molecular weight excluding hydrogens is 212 g/mol. The first kappa shape index (κ1) is 11.6. The van der Waals surface area contributed by atoms with Crippen molar-refractivity contribution in [2.75, 3.05) is 7.11 Å². The van der Waals surface area contributed by atoms with Crippen molar-refractivity contribution in [3.63, 3.8) is 0 Å². The third kappa shape index (κ3) is 2.29. The Morgan fingerprint density at radius 3 is 2.53 bits per heavy atom. The molecule has 0 aliphatic heterocycles. The Bertz CT molecular complexity index is 511. The molecule has 1 aromatic heterocycles. The number of aryl methyl sites for hydroxylation is 1. The van der Waals surface area contributed by atoms with E-state index in [1.54, 1.807) is 13.3 Å². The van der Waals surface area contributed by atoms with E-state index in [1.807, 2.05) is 43.3 Å². The van der Waals surface area contributed by atoms with Crippen LogP contribution in [0.15, 0.2) is 42.6 Å². The molecule has 0 saturated carbocycles. The van der Waals surface area contributed by atoms with E-state index >= 15 is 0 Å². The van der Waals surface area contributed by atoms with E-state index in [0.717, 1.165) is 22.6 Å². The van der Waals surface area contributed by atoms with Gasteiger partial charge in [-0.25, -0.2) is 0 Å². The van der Waals surface area contributed by atoms with Crippen molar-refractivity contribution in [1.29, 1.82) is 0 Å². The van der Waals surface area contributed by atoms with Gasteiger partial charge in [-0.3, -0.25) is 4.98 Å². The number of methoxy groups -OCH3 is 1. The first-order valence-electron chi connectivity index (χ1n) is 5.54. The monoisotopic (exact) mass is 228 g/mol. The van der Waals surface area contributed by atoms with Gasteiger partial charge in [0, 0.05) is 17.5 Å². The number of rotatable bonds is 3. The van der Waals surface area contributed by atoms with Gasteiger partial charge >= 0.3 is 0 Å². The summed E-state index contributed by atoms with van der Waals surface area (Å²) in [6, 6.07) is 11.5. The number of hydrogen-bond acceptors (Lipinski definition) is 3. The fraction of sp³-hybridized carbons (Fsp3) is 0.214. The van der Waals surface area contributed by atoms with Crippen LogP contribution in [0.5, 0.6) is 5.75 Å². The fourth-order valence-electron chi connectivity index (χ4n) is 1.92. The van der Waals surface area contributed by atoms with E-state index in [4.69, 9.17) is 10.5 Å². The summed E-state index contributed by atoms with van der Waals surface area (Å²) in [6.45, 7) is 1.96. The molecule has 1 heterocycles. The summed E-state index contributed by atoms with van der Waals surface area (Å²) in [4.78, 5) is 4.26. The van der Waals surface area contributed by atoms with E-state index in [-0.39, 0.29) is 6.04 Å². The van der Waals surface area contributed by atoms with Crippen molar-refractivity contribution in [2.24, 2.45) is 5.73 Å². The molecule has 2 rings (SSSR count). The average Bonchev–Trinajstić information content (AvgIpc) is 2.38. The lowest BCUT2D eigenvalue weighted by Gasteiger charge is -2.17. The second kappa shape index (κ2) is 4.97. The summed E-state index contributed by atoms with van der Waals surface area (Å²) >= 11 is 0. The zero-order valence-electron chi connectivity index (χ0n) is 10.1. The van der Waals surface area contributed by atoms with E-state index in [2.05, 4.69) is 4.98 Å². The van der Waals surface area contributed by atoms with Crippen LogP contribution in [0.3, 0.4) is 0 Å². The second-order valence-electron chi connectivity index (χ2n) is 3.90. The molecule has 88 valence electrons. The molecule has 1 unspecified atom stereocenters. The fourth-order valence-corrected chi connectivity index (χ4v) is 1.92. The zero-order chi connectivity index (χ0) is 12.3. The normalized spacial score (nSPS) is 12.2. The van der Waals surface area contributed by atoms with Gasteiger partial charge in [-0.1, -0.05) is 24.3 Å². The molecule has 0 fully saturated rings. The van der Waals surface area contributed by atoms with E-state index in [9.17, 15) is 0 Å². The Labute approximate surface area is 101 Å². The molecule has 3 heteroatoms. The summed E-state index contributed by atoms with van der Waals surface area (Å²) in [6.07, 6.45) is 1.77. The van der Waals surface area contributed by atoms with Gasteiger partial charge in [0.05, 0.1) is 13.2 Å². The predicted molar refractivity (Wildman–Crippen MR) is 68.0 cm³/mol. The lowest BCUT2D eigenvalue weighted by atomic mass is 9.98. The van der Waals surface area contributed by atoms with Crippen LogP contribution in [-0.4, -0.2) is 12.1 Å². The number of nitrogens with two attached hydrogens (primary N) is 1. The minimum Gasteiger partial charge on any atom is -0.496 e. The average molecular weight is 228 g/mol. The minimum absolute atomic E-state index is 0.208. The first-order valence-corrected chi connectivity index (χ1v) is 5.54. The summed E-state index contributed by atoms with van der Waals surface area (Å²) in [5, 5.41) is 0. The van der Waals surface area contributed by atoms with Gasteiger partial charge in [-0.2, -0.15) is 0 Å². The number of ether oxygens (including phenoxy) is 1. The molecule has 0 aliphatic carbocycles. The SMILES string of the molecule is COc1ccccc1C(N)c1cccnc1C. The quantitative estimate of drug-likeness (QED) is 0.877. The Kier molecular flexibility index (Phi) is 3.40. The molecule has 3 nitrogen and oxygen atoms in total. The molecule has 1 atom stereocenters. The second-order valence-corrected chi connectivity index (χ2v) is 3.90. The summed E-state index contributed by atoms with van der Waals surface area (Å²) < 4.78 is 5.33. The van der Waals surface area contributed by atoms with Crippen LogP contribution in [0.1, 0.15) is 22.9 Å². The van der Waals surface area contributed by atoms with Gasteiger partial charge in [0.2, 0.25) is 0 Å². The van der Waals surface area contributed by atoms with Crippen molar-refractivity contribution in [3.05, 3.63) is 59.4 Å². The van der Waals surface area contributed by atoms with E-state index in [1.165, 1.54) is 0 Å². The number of pyridine rings is 1. The Balaban J connectivity index is 2.44. The van der Waals surface area contributed by atoms with Crippen molar-refractivity contribution in [1.82, 2.24) is 4.98 Å². The van der Waals surface area contributed by atoms with Crippen molar-refractivity contribution < 1.29 is 4.74 Å². The molecule has 2 aromatic rings. The summed E-state index contributed by atoms with van der Waals surface area (Å²) in [5.41, 5.74) is 9.23. The maximum Gasteiger partial charge on any atom is 0.123 e. The molecule has 0 saturated heterocycles. The van der Waals surface area contributed by atoms with Crippen molar-refractivity contribution in [2.45, 2.75) is 13.0 Å². The third-order valence-electron chi connectivity index (χ3n) is 2.86. The molecule has 0 bridgehead atoms. The number of aromatic nitrogens is 1. The number of hydrogen-bond donors (Lipinski definition) is 1. The highest BCUT2D eigenvalue weighted by atomic mass is 16.5. The van der Waals surface area contributed by atoms with Crippen LogP contribution in [0.2, 0.25) is 0 Å². The lowest BCUT2D eigenvalue weighted by Crippen LogP contribution is -2.14. The molecular formula is C14H16N2O. The Morgan fingerprint density at radius 2 is 1.82 bits per heavy atom. The van der Waals surface area contributed by atoms with Crippen molar-refractivity contribution in [3.8, 4) is 5.75 Å². The standard InChI is InChI=1S/C14H16N2O/c1-10-11(7-5-9-16-10)14(15)12-6-3-4-8-13(12)17-2/h3-9,14H,15H2,1-2H3. The highest BCUT2D eigenvalue weighted by molar-refractivity contribution is 5.42. The molecule has 17 heavy (non-hydrogen) atoms. The Morgan fingerprint density at radius 1 is 1.12 bits per heavy atom. The third-order valence-corrected chi connectivity index (χ3v) is 2.86. The zero-order valence-corrected chi connectivity index (χ0v) is 10.1. The van der Waals surface area contributed by atoms with Crippen molar-refractivity contribution >= 4 is 0 Å². The summed E-state index contributed by atoms with van der Waals surface area (Å²) in [7, 11) is 1.65. The van der Waals surface area contributed by atoms with Gasteiger partial charge in [0.15, 0.2) is 0 Å². The number of benzene rings is 1. The maximum atomic E-state index is 6.27. The first-order chi connectivity index (χ1) is 8.24. The Hall–Kier alpha value is -1.87. The molecule has 0 spiro atoms. The van der Waals surface area contributed by atoms with Crippen LogP contribution in [0.4, 0.5) is 0 Å². The van der Waals surface area contributed by atoms with Gasteiger partial charge in [0.25, 0.3) is 0 Å². The largest absolute Gasteiger partial charge is 0.496 e. The molecule has 0 aliphatic rings. The number of nitrogens with zero attached hydrogens (tertiary/aromatic N) is 1. The van der Waals surface area contributed by atoms with Crippen LogP contribution < -0.4 is 10.5 Å². The number of para-hydroxylation sites is 1. The maximum absolute atomic E-state index is 6.27. The van der Waals surface area contributed by atoms with Gasteiger partial charge in [-0.05, 0) is 24.6 Å². The summed E-state index contributed by atoms with van der Waals surface area (Å²) in [5.74, 6) is 0.809. The molecule has 0 amide bonds. The van der Waals surface area contributed by atoms with E-state index < -0.39 is 0 Å². The van der Waals surface area contributed by atoms with E-state index in [0.29, 0.717) is 0 Å². The molecule has 0 radical (unpaired) electrons. The highest BCUT2D eigenvalue weighted by Gasteiger charge is 2.15. The van der Waals surface area contributed by atoms with Gasteiger partial charge in [0.1, 0.15) is 5.75 Å². The highest BCUT2D eigenvalue weighted by Crippen LogP contribution is 2.28. The minimum atomic E-state index is -0.208. The van der Waals surface area contributed by atoms with Gasteiger partial charge < -0.3 is 10.5 Å².